The topological polar surface area (TPSA) is 15.3 Å². The Morgan fingerprint density at radius 3 is 2.95 bits per heavy atom. The molecule has 2 heteroatoms. The van der Waals surface area contributed by atoms with Gasteiger partial charge in [-0.15, -0.1) is 0 Å². The number of rotatable bonds is 4. The number of nitrogens with one attached hydrogen (secondary N) is 1. The van der Waals surface area contributed by atoms with E-state index in [1.54, 1.807) is 11.1 Å². The van der Waals surface area contributed by atoms with Crippen molar-refractivity contribution in [2.75, 3.05) is 20.1 Å². The summed E-state index contributed by atoms with van der Waals surface area (Å²) in [5, 5.41) is 3.43. The van der Waals surface area contributed by atoms with E-state index in [0.29, 0.717) is 6.04 Å². The molecule has 2 aliphatic rings. The van der Waals surface area contributed by atoms with Gasteiger partial charge in [-0.1, -0.05) is 18.2 Å². The molecule has 2 atom stereocenters. The number of hydrogen-bond acceptors (Lipinski definition) is 2. The maximum Gasteiger partial charge on any atom is 0.0233 e. The first-order valence-corrected chi connectivity index (χ1v) is 8.26. The van der Waals surface area contributed by atoms with E-state index in [2.05, 4.69) is 42.4 Å². The van der Waals surface area contributed by atoms with Crippen molar-refractivity contribution in [2.45, 2.75) is 51.6 Å². The van der Waals surface area contributed by atoms with Gasteiger partial charge in [0.05, 0.1) is 0 Å². The lowest BCUT2D eigenvalue weighted by Crippen LogP contribution is -2.43. The molecule has 0 radical (unpaired) electrons. The number of aryl methyl sites for hydroxylation is 2. The molecular formula is C18H28N2. The molecule has 1 fully saturated rings. The summed E-state index contributed by atoms with van der Waals surface area (Å²) in [6.45, 7) is 5.98. The molecule has 1 aromatic carbocycles. The van der Waals surface area contributed by atoms with Crippen molar-refractivity contribution >= 4 is 0 Å². The van der Waals surface area contributed by atoms with Crippen LogP contribution in [0.25, 0.3) is 0 Å². The summed E-state index contributed by atoms with van der Waals surface area (Å²) in [6.07, 6.45) is 6.66. The van der Waals surface area contributed by atoms with Crippen LogP contribution in [0, 0.1) is 5.92 Å². The van der Waals surface area contributed by atoms with Gasteiger partial charge in [0.25, 0.3) is 0 Å². The Hall–Kier alpha value is -0.860. The quantitative estimate of drug-likeness (QED) is 0.906. The highest BCUT2D eigenvalue weighted by molar-refractivity contribution is 5.35. The van der Waals surface area contributed by atoms with Crippen molar-refractivity contribution in [3.8, 4) is 0 Å². The number of benzene rings is 1. The van der Waals surface area contributed by atoms with Gasteiger partial charge in [0, 0.05) is 19.1 Å². The number of fused-ring (bicyclic) bond motifs is 1. The van der Waals surface area contributed by atoms with Crippen LogP contribution >= 0.6 is 0 Å². The summed E-state index contributed by atoms with van der Waals surface area (Å²) in [6, 6.07) is 7.83. The molecule has 3 rings (SSSR count). The number of likely N-dealkylation sites (tertiary alicyclic amines) is 1. The predicted octanol–water partition coefficient (Wildman–Crippen LogP) is 3.00. The Kier molecular flexibility index (Phi) is 4.42. The van der Waals surface area contributed by atoms with E-state index in [-0.39, 0.29) is 0 Å². The van der Waals surface area contributed by atoms with Gasteiger partial charge in [-0.2, -0.15) is 0 Å². The van der Waals surface area contributed by atoms with E-state index < -0.39 is 0 Å². The molecule has 20 heavy (non-hydrogen) atoms. The second-order valence-corrected chi connectivity index (χ2v) is 6.67. The summed E-state index contributed by atoms with van der Waals surface area (Å²) < 4.78 is 0. The second-order valence-electron chi connectivity index (χ2n) is 6.67. The Balaban J connectivity index is 1.62. The smallest absolute Gasteiger partial charge is 0.0233 e. The van der Waals surface area contributed by atoms with Gasteiger partial charge in [-0.25, -0.2) is 0 Å². The van der Waals surface area contributed by atoms with Gasteiger partial charge < -0.3 is 5.32 Å². The highest BCUT2D eigenvalue weighted by Crippen LogP contribution is 2.25. The summed E-state index contributed by atoms with van der Waals surface area (Å²) in [4.78, 5) is 2.65. The molecule has 110 valence electrons. The van der Waals surface area contributed by atoms with Gasteiger partial charge in [0.2, 0.25) is 0 Å². The molecule has 1 saturated heterocycles. The highest BCUT2D eigenvalue weighted by atomic mass is 15.1. The van der Waals surface area contributed by atoms with Crippen LogP contribution in [0.3, 0.4) is 0 Å². The van der Waals surface area contributed by atoms with Crippen LogP contribution in [0.5, 0.6) is 0 Å². The van der Waals surface area contributed by atoms with Crippen molar-refractivity contribution in [2.24, 2.45) is 5.92 Å². The summed E-state index contributed by atoms with van der Waals surface area (Å²) in [5.41, 5.74) is 4.72. The maximum atomic E-state index is 3.43. The average molecular weight is 272 g/mol. The average Bonchev–Trinajstić information content (AvgIpc) is 2.94. The molecular weight excluding hydrogens is 244 g/mol. The first kappa shape index (κ1) is 14.1. The van der Waals surface area contributed by atoms with Crippen LogP contribution < -0.4 is 5.32 Å². The predicted molar refractivity (Wildman–Crippen MR) is 85.0 cm³/mol. The standard InChI is InChI=1S/C18H28N2/c1-14(19-2)18-7-4-10-20(13-18)12-15-8-9-16-5-3-6-17(16)11-15/h8-9,11,14,18-19H,3-7,10,12-13H2,1-2H3. The van der Waals surface area contributed by atoms with Crippen LogP contribution in [0.1, 0.15) is 42.9 Å². The van der Waals surface area contributed by atoms with Crippen LogP contribution in [-0.4, -0.2) is 31.1 Å². The number of hydrogen-bond donors (Lipinski definition) is 1. The fourth-order valence-corrected chi connectivity index (χ4v) is 3.86. The van der Waals surface area contributed by atoms with Gasteiger partial charge >= 0.3 is 0 Å². The molecule has 1 aliphatic carbocycles. The van der Waals surface area contributed by atoms with Gasteiger partial charge in [-0.3, -0.25) is 4.90 Å². The van der Waals surface area contributed by atoms with Crippen molar-refractivity contribution in [3.63, 3.8) is 0 Å². The second kappa shape index (κ2) is 6.28. The van der Waals surface area contributed by atoms with E-state index >= 15 is 0 Å². The van der Waals surface area contributed by atoms with Gasteiger partial charge in [0.15, 0.2) is 0 Å². The van der Waals surface area contributed by atoms with Crippen LogP contribution in [0.2, 0.25) is 0 Å². The van der Waals surface area contributed by atoms with Crippen LogP contribution in [0.15, 0.2) is 18.2 Å². The Morgan fingerprint density at radius 1 is 1.25 bits per heavy atom. The molecule has 0 bridgehead atoms. The molecule has 2 nitrogen and oxygen atoms in total. The Labute approximate surface area is 123 Å². The summed E-state index contributed by atoms with van der Waals surface area (Å²) in [7, 11) is 2.09. The van der Waals surface area contributed by atoms with Gasteiger partial charge in [-0.05, 0) is 75.2 Å². The van der Waals surface area contributed by atoms with E-state index in [0.717, 1.165) is 12.5 Å². The molecule has 1 aliphatic heterocycles. The summed E-state index contributed by atoms with van der Waals surface area (Å²) in [5.74, 6) is 0.808. The lowest BCUT2D eigenvalue weighted by Gasteiger charge is -2.35. The third-order valence-electron chi connectivity index (χ3n) is 5.27. The minimum Gasteiger partial charge on any atom is -0.317 e. The van der Waals surface area contributed by atoms with E-state index in [1.807, 2.05) is 0 Å². The molecule has 1 N–H and O–H groups in total. The fraction of sp³-hybridized carbons (Fsp3) is 0.667. The molecule has 1 aromatic rings. The molecule has 0 saturated carbocycles. The largest absolute Gasteiger partial charge is 0.317 e. The fourth-order valence-electron chi connectivity index (χ4n) is 3.86. The Morgan fingerprint density at radius 2 is 2.10 bits per heavy atom. The zero-order valence-electron chi connectivity index (χ0n) is 13.0. The van der Waals surface area contributed by atoms with Crippen molar-refractivity contribution in [3.05, 3.63) is 34.9 Å². The molecule has 0 spiro atoms. The zero-order valence-corrected chi connectivity index (χ0v) is 13.0. The first-order chi connectivity index (χ1) is 9.76. The minimum atomic E-state index is 0.637. The van der Waals surface area contributed by atoms with Crippen LogP contribution in [-0.2, 0) is 19.4 Å². The third kappa shape index (κ3) is 3.07. The number of piperidine rings is 1. The lowest BCUT2D eigenvalue weighted by molar-refractivity contribution is 0.147. The molecule has 0 aromatic heterocycles. The maximum absolute atomic E-state index is 3.43. The van der Waals surface area contributed by atoms with E-state index in [9.17, 15) is 0 Å². The van der Waals surface area contributed by atoms with Gasteiger partial charge in [0.1, 0.15) is 0 Å². The minimum absolute atomic E-state index is 0.637. The summed E-state index contributed by atoms with van der Waals surface area (Å²) >= 11 is 0. The molecule has 0 amide bonds. The van der Waals surface area contributed by atoms with E-state index in [1.165, 1.54) is 50.8 Å². The molecule has 2 unspecified atom stereocenters. The monoisotopic (exact) mass is 272 g/mol. The number of nitrogens with zero attached hydrogens (tertiary/aromatic N) is 1. The normalized spacial score (nSPS) is 24.6. The first-order valence-electron chi connectivity index (χ1n) is 8.26. The lowest BCUT2D eigenvalue weighted by atomic mass is 9.91. The third-order valence-corrected chi connectivity index (χ3v) is 5.27. The molecule has 1 heterocycles. The van der Waals surface area contributed by atoms with Crippen molar-refractivity contribution in [1.29, 1.82) is 0 Å². The van der Waals surface area contributed by atoms with Crippen LogP contribution in [0.4, 0.5) is 0 Å². The van der Waals surface area contributed by atoms with Crippen molar-refractivity contribution in [1.82, 2.24) is 10.2 Å². The Bertz CT molecular complexity index is 455. The van der Waals surface area contributed by atoms with E-state index in [4.69, 9.17) is 0 Å². The highest BCUT2D eigenvalue weighted by Gasteiger charge is 2.24. The van der Waals surface area contributed by atoms with Crippen molar-refractivity contribution < 1.29 is 0 Å². The SMILES string of the molecule is CNC(C)C1CCCN(Cc2ccc3c(c2)CCC3)C1. The zero-order chi connectivity index (χ0) is 13.9.